The average molecular weight is 1450 g/mol. The number of carbonyl (C=O) groups is 6. The first-order valence-electron chi connectivity index (χ1n) is 31.2. The van der Waals surface area contributed by atoms with Gasteiger partial charge in [-0.05, 0) is 100 Å². The van der Waals surface area contributed by atoms with Gasteiger partial charge < -0.3 is 102 Å². The molecule has 17 N–H and O–H groups in total. The highest BCUT2D eigenvalue weighted by molar-refractivity contribution is 7.71. The predicted octanol–water partition coefficient (Wildman–Crippen LogP) is 4.08. The zero-order valence-electron chi connectivity index (χ0n) is 55.3. The number of likely N-dealkylation sites (N-methyl/N-ethyl adjacent to an activating group) is 1. The molecule has 0 saturated carbocycles. The number of rotatable bonds is 19. The van der Waals surface area contributed by atoms with Crippen LogP contribution in [0.15, 0.2) is 79.5 Å². The van der Waals surface area contributed by atoms with Crippen LogP contribution in [0.5, 0.6) is 17.2 Å². The molecule has 12 rings (SSSR count). The lowest BCUT2D eigenvalue weighted by molar-refractivity contribution is -0.311. The zero-order valence-corrected chi connectivity index (χ0v) is 57.6. The summed E-state index contributed by atoms with van der Waals surface area (Å²) in [5.41, 5.74) is 19.9. The number of aliphatic hydroxyl groups is 3. The summed E-state index contributed by atoms with van der Waals surface area (Å²) in [5, 5.41) is 84.4. The molecule has 8 aromatic rings. The summed E-state index contributed by atoms with van der Waals surface area (Å²) in [5.74, 6) is -5.37. The van der Waals surface area contributed by atoms with E-state index in [-0.39, 0.29) is 76.6 Å². The Bertz CT molecular complexity index is 4510. The van der Waals surface area contributed by atoms with Gasteiger partial charge in [0, 0.05) is 91.9 Å². The summed E-state index contributed by atoms with van der Waals surface area (Å²) in [6.45, 7) is 5.01. The fourth-order valence-corrected chi connectivity index (χ4v) is 12.9. The number of aromatic amines is 2. The van der Waals surface area contributed by atoms with E-state index in [4.69, 9.17) is 77.0 Å². The highest BCUT2D eigenvalue weighted by Gasteiger charge is 2.59. The van der Waals surface area contributed by atoms with Gasteiger partial charge in [0.2, 0.25) is 18.0 Å². The normalized spacial score (nSPS) is 20.5. The Labute approximate surface area is 591 Å². The van der Waals surface area contributed by atoms with Gasteiger partial charge in [-0.25, -0.2) is 24.7 Å². The molecule has 1 saturated heterocycles. The van der Waals surface area contributed by atoms with Gasteiger partial charge in [0.1, 0.15) is 52.7 Å². The number of aromatic hydroxyl groups is 2. The molecular weight excluding hydrogens is 1380 g/mol. The SMILES string of the molecule is CN(Cc1cnc2nc(N)nc(N)c2n1)c1ccc(C(=O)N[C@@H](CCC(=O)O)C(=O)O)cc1.CO[C@@H]1C[C@](C)(O)Cc2cc3c(c(O)c21)C(=O)c1c(O)cc2c(c1C3=O)O[C@@H]1O[C@@]2(C)[C@H](O)[C@@H](N(C)C)[C@@H]1O.N[C@@H](Cc1ccc(N(CCCl)CCCl)cc1)C(=O)O.S=c1nc[nH]c2nc[nH]c12. The molecule has 0 unspecified atom stereocenters. The summed E-state index contributed by atoms with van der Waals surface area (Å²) in [7, 11) is 6.61. The minimum Gasteiger partial charge on any atom is -0.507 e. The number of ether oxygens (including phenoxy) is 3. The van der Waals surface area contributed by atoms with Crippen molar-refractivity contribution in [3.8, 4) is 17.2 Å². The van der Waals surface area contributed by atoms with Gasteiger partial charge in [-0.2, -0.15) is 9.97 Å². The zero-order chi connectivity index (χ0) is 73.7. The van der Waals surface area contributed by atoms with Crippen LogP contribution in [0.2, 0.25) is 0 Å². The van der Waals surface area contributed by atoms with E-state index in [0.717, 1.165) is 41.2 Å². The summed E-state index contributed by atoms with van der Waals surface area (Å²) < 4.78 is 18.0. The Hall–Kier alpha value is -9.81. The van der Waals surface area contributed by atoms with Gasteiger partial charge in [0.05, 0.1) is 65.5 Å². The van der Waals surface area contributed by atoms with E-state index in [1.54, 1.807) is 57.5 Å². The maximum Gasteiger partial charge on any atom is 0.326 e. The second-order valence-electron chi connectivity index (χ2n) is 24.8. The lowest BCUT2D eigenvalue weighted by atomic mass is 9.72. The first-order valence-corrected chi connectivity index (χ1v) is 32.7. The molecule has 4 aromatic carbocycles. The fourth-order valence-electron chi connectivity index (χ4n) is 12.3. The van der Waals surface area contributed by atoms with Crippen LogP contribution in [-0.2, 0) is 48.8 Å². The monoisotopic (exact) mass is 1450 g/mol. The number of benzene rings is 4. The molecule has 1 amide bonds. The minimum atomic E-state index is -1.50. The molecule has 4 aliphatic rings. The average Bonchev–Trinajstić information content (AvgIpc) is 0.830. The number of H-pyrrole nitrogens is 2. The molecule has 32 nitrogen and oxygen atoms in total. The van der Waals surface area contributed by atoms with Gasteiger partial charge >= 0.3 is 17.9 Å². The number of methoxy groups -OCH3 is 1. The van der Waals surface area contributed by atoms with Gasteiger partial charge in [-0.15, -0.1) is 23.2 Å². The summed E-state index contributed by atoms with van der Waals surface area (Å²) in [4.78, 5) is 109. The van der Waals surface area contributed by atoms with Crippen LogP contribution >= 0.6 is 35.4 Å². The largest absolute Gasteiger partial charge is 0.507 e. The van der Waals surface area contributed by atoms with Crippen LogP contribution in [0.3, 0.4) is 0 Å². The number of amides is 1. The maximum absolute atomic E-state index is 14.1. The lowest BCUT2D eigenvalue weighted by Gasteiger charge is -2.53. The van der Waals surface area contributed by atoms with Gasteiger partial charge in [-0.1, -0.05) is 24.4 Å². The van der Waals surface area contributed by atoms with Crippen molar-refractivity contribution in [1.82, 2.24) is 50.1 Å². The highest BCUT2D eigenvalue weighted by atomic mass is 35.5. The number of anilines is 4. The summed E-state index contributed by atoms with van der Waals surface area (Å²) in [6, 6.07) is 13.8. The number of nitrogens with two attached hydrogens (primary N) is 3. The van der Waals surface area contributed by atoms with E-state index >= 15 is 0 Å². The standard InChI is InChI=1S/C28H31NO10.C20H22N8O5.C13H18Cl2N2O2.C5H4N4S/c1-27(36)8-10-6-11-16(21(32)15(10)14(9-27)37-5)22(33)17-13(30)7-12-24(18(17)20(11)31)38-26-23(34)19(29(3)4)25(35)28(12,2)39-26;1-28(9-11-8-23-17-15(24-11)16(21)26-20(22)27-17)12-4-2-10(3-5-12)18(31)25-13(19(32)33)6-7-14(29)30;14-5-7-17(8-6-15)11-3-1-10(2-4-11)9-12(16)13(18)19;10-5-3-4(7-1-6-3)8-2-9-5/h6-7,14,19,23,25-26,30,32,34-36H,8-9H2,1-5H3;2-5,8,13H,6-7,9H2,1H3,(H,25,31)(H,29,30)(H,32,33)(H4,21,22,23,26,27);1-4,12H,5-9,16H2,(H,18,19);1-2H,(H2,6,7,8,9,10)/t14-,19+,23+,25-,26-,27-,28-;13-;12-;/m100./s1. The van der Waals surface area contributed by atoms with Gasteiger partial charge in [-0.3, -0.25) is 24.0 Å². The molecule has 6 heterocycles. The molecule has 0 radical (unpaired) electrons. The van der Waals surface area contributed by atoms with Crippen LogP contribution in [0, 0.1) is 4.64 Å². The smallest absolute Gasteiger partial charge is 0.326 e. The fraction of sp³-hybridized carbons (Fsp3) is 0.379. The molecule has 35 heteroatoms. The molecule has 0 spiro atoms. The first kappa shape index (κ1) is 75.4. The molecule has 2 aliphatic heterocycles. The number of halogens is 2. The van der Waals surface area contributed by atoms with Crippen molar-refractivity contribution in [1.29, 1.82) is 0 Å². The minimum absolute atomic E-state index is 0.0138. The number of imidazole rings is 1. The number of nitrogens with one attached hydrogen (secondary N) is 3. The van der Waals surface area contributed by atoms with Crippen LogP contribution in [0.4, 0.5) is 23.1 Å². The van der Waals surface area contributed by atoms with E-state index in [0.29, 0.717) is 57.4 Å². The number of carbonyl (C=O) groups excluding carboxylic acids is 3. The first-order chi connectivity index (χ1) is 47.8. The molecule has 2 bridgehead atoms. The van der Waals surface area contributed by atoms with Gasteiger partial charge in [0.15, 0.2) is 33.1 Å². The molecule has 101 heavy (non-hydrogen) atoms. The van der Waals surface area contributed by atoms with E-state index in [9.17, 15) is 59.4 Å². The number of carboxylic acid groups (broad SMARTS) is 3. The topological polar surface area (TPSA) is 501 Å². The van der Waals surface area contributed by atoms with E-state index in [2.05, 4.69) is 50.1 Å². The van der Waals surface area contributed by atoms with Crippen LogP contribution in [0.1, 0.15) is 109 Å². The third-order valence-corrected chi connectivity index (χ3v) is 18.0. The second-order valence-corrected chi connectivity index (χ2v) is 26.0. The Morgan fingerprint density at radius 1 is 0.861 bits per heavy atom. The number of fused-ring (bicyclic) bond motifs is 10. The van der Waals surface area contributed by atoms with Crippen molar-refractivity contribution in [3.63, 3.8) is 0 Å². The Balaban J connectivity index is 0.000000172. The second kappa shape index (κ2) is 31.4. The van der Waals surface area contributed by atoms with Crippen LogP contribution in [-0.4, -0.2) is 216 Å². The van der Waals surface area contributed by atoms with Crippen LogP contribution < -0.4 is 37.1 Å². The van der Waals surface area contributed by atoms with Crippen molar-refractivity contribution >= 4 is 116 Å². The number of phenolic OH excluding ortho intramolecular Hbond substituents is 2. The lowest BCUT2D eigenvalue weighted by Crippen LogP contribution is -2.68. The number of hydrogen-bond donors (Lipinski definition) is 14. The number of carboxylic acids is 3. The predicted molar refractivity (Wildman–Crippen MR) is 371 cm³/mol. The van der Waals surface area contributed by atoms with Crippen molar-refractivity contribution in [2.45, 2.75) is 106 Å². The summed E-state index contributed by atoms with van der Waals surface area (Å²) in [6.07, 6.45) is 0.109. The maximum atomic E-state index is 14.1. The number of ketones is 2. The Morgan fingerprint density at radius 2 is 1.52 bits per heavy atom. The number of hydrogen-bond acceptors (Lipinski definition) is 27. The quantitative estimate of drug-likeness (QED) is 0.0400. The van der Waals surface area contributed by atoms with E-state index in [1.807, 2.05) is 36.2 Å². The number of nitrogens with zero attached hydrogens (tertiary/aromatic N) is 9. The van der Waals surface area contributed by atoms with E-state index < -0.39 is 101 Å². The van der Waals surface area contributed by atoms with Crippen molar-refractivity contribution in [3.05, 3.63) is 140 Å². The molecule has 536 valence electrons. The highest BCUT2D eigenvalue weighted by Crippen LogP contribution is 2.54. The molecule has 9 atom stereocenters. The molecule has 4 aromatic heterocycles. The number of aromatic nitrogens is 8. The Kier molecular flexibility index (Phi) is 23.4. The van der Waals surface area contributed by atoms with E-state index in [1.165, 1.54) is 37.7 Å². The van der Waals surface area contributed by atoms with Crippen molar-refractivity contribution in [2.24, 2.45) is 5.73 Å². The third kappa shape index (κ3) is 16.3. The van der Waals surface area contributed by atoms with Crippen molar-refractivity contribution in [2.75, 3.05) is 74.4 Å². The molecule has 1 fully saturated rings. The van der Waals surface area contributed by atoms with Crippen molar-refractivity contribution < 1.29 is 83.8 Å². The number of phenols is 2. The number of alkyl halides is 2. The summed E-state index contributed by atoms with van der Waals surface area (Å²) >= 11 is 16.4. The third-order valence-electron chi connectivity index (χ3n) is 17.4. The number of aliphatic carboxylic acids is 3. The van der Waals surface area contributed by atoms with Gasteiger partial charge in [0.25, 0.3) is 5.91 Å². The molecule has 2 aliphatic carbocycles. The number of nitrogen functional groups attached to an aromatic ring is 2. The molecular formula is C66H75Cl2N15O17S. The van der Waals surface area contributed by atoms with Crippen LogP contribution in [0.25, 0.3) is 22.3 Å². The number of aliphatic hydroxyl groups excluding tert-OH is 2. The Morgan fingerprint density at radius 3 is 2.14 bits per heavy atom.